The number of hydrogen-bond donors (Lipinski definition) is 0. The molecule has 0 N–H and O–H groups in total. The van der Waals surface area contributed by atoms with E-state index in [2.05, 4.69) is 18.0 Å². The van der Waals surface area contributed by atoms with Gasteiger partial charge in [-0.25, -0.2) is 4.98 Å². The van der Waals surface area contributed by atoms with Crippen LogP contribution in [0.1, 0.15) is 21.5 Å². The average molecular weight is 244 g/mol. The number of carbonyl (C=O) groups excluding carboxylic acids is 1. The normalized spacial score (nSPS) is 10.4. The van der Waals surface area contributed by atoms with Crippen LogP contribution in [0.3, 0.4) is 0 Å². The highest BCUT2D eigenvalue weighted by atomic mass is 16.5. The zero-order valence-corrected chi connectivity index (χ0v) is 10.8. The summed E-state index contributed by atoms with van der Waals surface area (Å²) in [5, 5.41) is 0. The van der Waals surface area contributed by atoms with Gasteiger partial charge < -0.3 is 4.74 Å². The van der Waals surface area contributed by atoms with Crippen LogP contribution in [0.4, 0.5) is 0 Å². The van der Waals surface area contributed by atoms with Crippen molar-refractivity contribution in [1.82, 2.24) is 9.55 Å². The Kier molecular flexibility index (Phi) is 3.46. The third-order valence-electron chi connectivity index (χ3n) is 2.93. The van der Waals surface area contributed by atoms with E-state index >= 15 is 0 Å². The van der Waals surface area contributed by atoms with Gasteiger partial charge in [-0.2, -0.15) is 0 Å². The molecule has 1 heterocycles. The average Bonchev–Trinajstić information content (AvgIpc) is 2.85. The number of aromatic nitrogens is 2. The highest BCUT2D eigenvalue weighted by Crippen LogP contribution is 2.22. The summed E-state index contributed by atoms with van der Waals surface area (Å²) in [5.41, 5.74) is 3.42. The number of ether oxygens (including phenoxy) is 1. The van der Waals surface area contributed by atoms with Crippen LogP contribution in [0.15, 0.2) is 30.9 Å². The van der Waals surface area contributed by atoms with Crippen molar-refractivity contribution >= 4 is 5.91 Å². The molecule has 0 saturated heterocycles. The van der Waals surface area contributed by atoms with E-state index in [4.69, 9.17) is 4.74 Å². The molecule has 0 aliphatic rings. The first kappa shape index (κ1) is 12.4. The molecule has 0 bridgehead atoms. The molecule has 0 amide bonds. The van der Waals surface area contributed by atoms with E-state index in [-0.39, 0.29) is 12.5 Å². The van der Waals surface area contributed by atoms with Crippen LogP contribution in [0.2, 0.25) is 0 Å². The van der Waals surface area contributed by atoms with E-state index in [1.165, 1.54) is 16.5 Å². The fourth-order valence-corrected chi connectivity index (χ4v) is 1.71. The van der Waals surface area contributed by atoms with Gasteiger partial charge in [0.1, 0.15) is 12.1 Å². The standard InChI is InChI=1S/C14H16N2O2/c1-10-6-12(3)13(7-11(10)2)18-8-14(17)16-5-4-15-9-16/h4-7,9H,8H2,1-3H3. The van der Waals surface area contributed by atoms with Crippen molar-refractivity contribution in [3.63, 3.8) is 0 Å². The quantitative estimate of drug-likeness (QED) is 0.833. The van der Waals surface area contributed by atoms with Crippen molar-refractivity contribution in [2.24, 2.45) is 0 Å². The minimum Gasteiger partial charge on any atom is -0.483 e. The summed E-state index contributed by atoms with van der Waals surface area (Å²) >= 11 is 0. The fourth-order valence-electron chi connectivity index (χ4n) is 1.71. The molecule has 1 aromatic heterocycles. The lowest BCUT2D eigenvalue weighted by atomic mass is 10.1. The van der Waals surface area contributed by atoms with E-state index in [1.807, 2.05) is 19.9 Å². The number of rotatable bonds is 3. The monoisotopic (exact) mass is 244 g/mol. The number of imidazole rings is 1. The topological polar surface area (TPSA) is 44.1 Å². The van der Waals surface area contributed by atoms with Gasteiger partial charge in [-0.15, -0.1) is 0 Å². The SMILES string of the molecule is Cc1cc(C)c(OCC(=O)n2ccnc2)cc1C. The van der Waals surface area contributed by atoms with Crippen molar-refractivity contribution in [3.05, 3.63) is 47.5 Å². The lowest BCUT2D eigenvalue weighted by molar-refractivity contribution is 0.0837. The Hall–Kier alpha value is -2.10. The van der Waals surface area contributed by atoms with Gasteiger partial charge in [0.2, 0.25) is 0 Å². The molecule has 0 spiro atoms. The number of aryl methyl sites for hydroxylation is 3. The van der Waals surface area contributed by atoms with Crippen LogP contribution in [-0.4, -0.2) is 22.1 Å². The zero-order valence-electron chi connectivity index (χ0n) is 10.8. The fraction of sp³-hybridized carbons (Fsp3) is 0.286. The van der Waals surface area contributed by atoms with Crippen LogP contribution in [-0.2, 0) is 0 Å². The van der Waals surface area contributed by atoms with Gasteiger partial charge in [0, 0.05) is 12.4 Å². The second kappa shape index (κ2) is 5.04. The van der Waals surface area contributed by atoms with Gasteiger partial charge in [0.15, 0.2) is 6.61 Å². The lowest BCUT2D eigenvalue weighted by Crippen LogP contribution is -2.18. The Morgan fingerprint density at radius 3 is 2.61 bits per heavy atom. The summed E-state index contributed by atoms with van der Waals surface area (Å²) in [7, 11) is 0. The van der Waals surface area contributed by atoms with E-state index in [0.717, 1.165) is 16.9 Å². The van der Waals surface area contributed by atoms with Gasteiger partial charge in [0.25, 0.3) is 5.91 Å². The van der Waals surface area contributed by atoms with Gasteiger partial charge in [-0.3, -0.25) is 9.36 Å². The molecule has 0 fully saturated rings. The highest BCUT2D eigenvalue weighted by Gasteiger charge is 2.07. The van der Waals surface area contributed by atoms with Gasteiger partial charge in [-0.1, -0.05) is 6.07 Å². The Bertz CT molecular complexity index is 559. The smallest absolute Gasteiger partial charge is 0.269 e. The maximum absolute atomic E-state index is 11.7. The second-order valence-electron chi connectivity index (χ2n) is 4.35. The number of carbonyl (C=O) groups is 1. The van der Waals surface area contributed by atoms with Crippen molar-refractivity contribution in [2.45, 2.75) is 20.8 Å². The second-order valence-corrected chi connectivity index (χ2v) is 4.35. The molecule has 4 heteroatoms. The van der Waals surface area contributed by atoms with Crippen LogP contribution in [0, 0.1) is 20.8 Å². The summed E-state index contributed by atoms with van der Waals surface area (Å²) < 4.78 is 6.97. The molecule has 0 atom stereocenters. The largest absolute Gasteiger partial charge is 0.483 e. The molecule has 0 aliphatic heterocycles. The van der Waals surface area contributed by atoms with Gasteiger partial charge in [-0.05, 0) is 43.5 Å². The maximum atomic E-state index is 11.7. The summed E-state index contributed by atoms with van der Waals surface area (Å²) in [6.07, 6.45) is 4.65. The lowest BCUT2D eigenvalue weighted by Gasteiger charge is -2.11. The predicted molar refractivity (Wildman–Crippen MR) is 69.0 cm³/mol. The summed E-state index contributed by atoms with van der Waals surface area (Å²) in [6, 6.07) is 4.03. The molecule has 0 aliphatic carbocycles. The first-order chi connectivity index (χ1) is 8.58. The number of benzene rings is 1. The van der Waals surface area contributed by atoms with E-state index in [9.17, 15) is 4.79 Å². The zero-order chi connectivity index (χ0) is 13.1. The molecule has 0 unspecified atom stereocenters. The first-order valence-corrected chi connectivity index (χ1v) is 5.79. The molecule has 2 rings (SSSR count). The Morgan fingerprint density at radius 2 is 1.94 bits per heavy atom. The van der Waals surface area contributed by atoms with E-state index in [0.29, 0.717) is 0 Å². The van der Waals surface area contributed by atoms with Crippen molar-refractivity contribution in [2.75, 3.05) is 6.61 Å². The molecular weight excluding hydrogens is 228 g/mol. The van der Waals surface area contributed by atoms with Crippen LogP contribution in [0.5, 0.6) is 5.75 Å². The Balaban J connectivity index is 2.07. The highest BCUT2D eigenvalue weighted by molar-refractivity contribution is 5.80. The third-order valence-corrected chi connectivity index (χ3v) is 2.93. The summed E-state index contributed by atoms with van der Waals surface area (Å²) in [4.78, 5) is 15.6. The molecule has 1 aromatic carbocycles. The van der Waals surface area contributed by atoms with E-state index in [1.54, 1.807) is 12.4 Å². The van der Waals surface area contributed by atoms with Crippen LogP contribution >= 0.6 is 0 Å². The van der Waals surface area contributed by atoms with Crippen LogP contribution in [0.25, 0.3) is 0 Å². The van der Waals surface area contributed by atoms with E-state index < -0.39 is 0 Å². The number of hydrogen-bond acceptors (Lipinski definition) is 3. The maximum Gasteiger partial charge on any atom is 0.269 e. The first-order valence-electron chi connectivity index (χ1n) is 5.79. The molecule has 0 radical (unpaired) electrons. The Morgan fingerprint density at radius 1 is 1.22 bits per heavy atom. The number of nitrogens with zero attached hydrogens (tertiary/aromatic N) is 2. The minimum absolute atomic E-state index is 0.0136. The van der Waals surface area contributed by atoms with Gasteiger partial charge in [0.05, 0.1) is 0 Å². The molecule has 2 aromatic rings. The molecule has 18 heavy (non-hydrogen) atoms. The summed E-state index contributed by atoms with van der Waals surface area (Å²) in [6.45, 7) is 6.07. The summed E-state index contributed by atoms with van der Waals surface area (Å²) in [5.74, 6) is 0.622. The molecule has 94 valence electrons. The minimum atomic E-state index is -0.134. The molecule has 0 saturated carbocycles. The van der Waals surface area contributed by atoms with Crippen molar-refractivity contribution < 1.29 is 9.53 Å². The van der Waals surface area contributed by atoms with Gasteiger partial charge >= 0.3 is 0 Å². The predicted octanol–water partition coefficient (Wildman–Crippen LogP) is 2.53. The van der Waals surface area contributed by atoms with Crippen LogP contribution < -0.4 is 4.74 Å². The molecular formula is C14H16N2O2. The Labute approximate surface area is 106 Å². The molecule has 4 nitrogen and oxygen atoms in total. The van der Waals surface area contributed by atoms with Crippen molar-refractivity contribution in [3.8, 4) is 5.75 Å². The van der Waals surface area contributed by atoms with Crippen molar-refractivity contribution in [1.29, 1.82) is 0 Å². The third kappa shape index (κ3) is 2.59.